The molecule has 1 aromatic rings. The number of phenolic OH excluding ortho intramolecular Hbond substituents is 1. The van der Waals surface area contributed by atoms with E-state index >= 15 is 0 Å². The van der Waals surface area contributed by atoms with E-state index in [0.717, 1.165) is 0 Å². The number of benzene rings is 1. The van der Waals surface area contributed by atoms with Crippen molar-refractivity contribution in [3.8, 4) is 5.75 Å². The molecule has 0 aliphatic heterocycles. The van der Waals surface area contributed by atoms with Crippen LogP contribution >= 0.6 is 0 Å². The minimum absolute atomic E-state index is 0.156. The highest BCUT2D eigenvalue weighted by Gasteiger charge is 2.05. The number of rotatable bonds is 6. The zero-order valence-corrected chi connectivity index (χ0v) is 11.0. The van der Waals surface area contributed by atoms with Crippen LogP contribution in [0.1, 0.15) is 31.4 Å². The van der Waals surface area contributed by atoms with Gasteiger partial charge in [0.05, 0.1) is 18.8 Å². The Kier molecular flexibility index (Phi) is 6.33. The summed E-state index contributed by atoms with van der Waals surface area (Å²) in [4.78, 5) is 0. The Labute approximate surface area is 113 Å². The fraction of sp³-hybridized carbons (Fsp3) is 0.400. The van der Waals surface area contributed by atoms with Crippen molar-refractivity contribution in [1.82, 2.24) is 0 Å². The van der Waals surface area contributed by atoms with Crippen LogP contribution in [0.3, 0.4) is 0 Å². The molecule has 4 N–H and O–H groups in total. The summed E-state index contributed by atoms with van der Waals surface area (Å²) in [6.07, 6.45) is 1.16. The maximum atomic E-state index is 9.90. The van der Waals surface area contributed by atoms with Gasteiger partial charge in [-0.25, -0.2) is 0 Å². The normalized spacial score (nSPS) is 13.5. The Morgan fingerprint density at radius 2 is 1.89 bits per heavy atom. The van der Waals surface area contributed by atoms with E-state index in [4.69, 9.17) is 10.2 Å². The summed E-state index contributed by atoms with van der Waals surface area (Å²) in [6, 6.07) is 6.34. The highest BCUT2D eigenvalue weighted by molar-refractivity contribution is 5.27. The Morgan fingerprint density at radius 1 is 1.26 bits per heavy atom. The molecule has 104 valence electrons. The smallest absolute Gasteiger partial charge is 0.115 e. The van der Waals surface area contributed by atoms with E-state index in [-0.39, 0.29) is 12.4 Å². The predicted molar refractivity (Wildman–Crippen MR) is 72.7 cm³/mol. The van der Waals surface area contributed by atoms with Gasteiger partial charge in [-0.2, -0.15) is 0 Å². The van der Waals surface area contributed by atoms with Crippen molar-refractivity contribution in [1.29, 1.82) is 0 Å². The van der Waals surface area contributed by atoms with Crippen molar-refractivity contribution in [2.45, 2.75) is 32.0 Å². The molecule has 2 atom stereocenters. The first-order valence-corrected chi connectivity index (χ1v) is 6.21. The van der Waals surface area contributed by atoms with Gasteiger partial charge in [-0.15, -0.1) is 5.73 Å². The lowest BCUT2D eigenvalue weighted by Gasteiger charge is -2.08. The highest BCUT2D eigenvalue weighted by atomic mass is 16.3. The first-order valence-electron chi connectivity index (χ1n) is 6.21. The Balaban J connectivity index is 2.64. The predicted octanol–water partition coefficient (Wildman–Crippen LogP) is 1.66. The van der Waals surface area contributed by atoms with Crippen molar-refractivity contribution < 1.29 is 20.4 Å². The molecular formula is C15H20O4. The molecule has 1 rings (SSSR count). The van der Waals surface area contributed by atoms with E-state index in [1.165, 1.54) is 12.1 Å². The van der Waals surface area contributed by atoms with Crippen LogP contribution in [0.2, 0.25) is 0 Å². The van der Waals surface area contributed by atoms with E-state index < -0.39 is 12.2 Å². The molecule has 4 heteroatoms. The molecule has 19 heavy (non-hydrogen) atoms. The van der Waals surface area contributed by atoms with Crippen LogP contribution in [0.25, 0.3) is 0 Å². The molecule has 0 aliphatic rings. The summed E-state index contributed by atoms with van der Waals surface area (Å²) in [5, 5.41) is 37.3. The summed E-state index contributed by atoms with van der Waals surface area (Å²) in [6.45, 7) is 1.49. The first-order chi connectivity index (χ1) is 9.02. The third-order valence-electron chi connectivity index (χ3n) is 2.66. The van der Waals surface area contributed by atoms with Gasteiger partial charge in [-0.1, -0.05) is 12.1 Å². The van der Waals surface area contributed by atoms with Crippen LogP contribution in [0.15, 0.2) is 41.6 Å². The molecule has 0 fully saturated rings. The fourth-order valence-corrected chi connectivity index (χ4v) is 1.67. The Morgan fingerprint density at radius 3 is 2.42 bits per heavy atom. The second kappa shape index (κ2) is 7.77. The van der Waals surface area contributed by atoms with Crippen LogP contribution in [0.5, 0.6) is 5.75 Å². The van der Waals surface area contributed by atoms with E-state index in [9.17, 15) is 10.2 Å². The molecule has 0 heterocycles. The third-order valence-corrected chi connectivity index (χ3v) is 2.66. The number of hydrogen-bond donors (Lipinski definition) is 4. The summed E-state index contributed by atoms with van der Waals surface area (Å²) in [7, 11) is 0. The van der Waals surface area contributed by atoms with Gasteiger partial charge in [-0.05, 0) is 36.3 Å². The average Bonchev–Trinajstić information content (AvgIpc) is 2.37. The fourth-order valence-electron chi connectivity index (χ4n) is 1.67. The largest absolute Gasteiger partial charge is 0.508 e. The quantitative estimate of drug-likeness (QED) is 0.589. The molecular weight excluding hydrogens is 244 g/mol. The molecule has 1 aromatic carbocycles. The zero-order chi connectivity index (χ0) is 14.3. The topological polar surface area (TPSA) is 80.9 Å². The van der Waals surface area contributed by atoms with Gasteiger partial charge in [0.1, 0.15) is 5.75 Å². The SMILES string of the molecule is C[C@H](O)CC(=C=CC[C@@H](O)c1ccc(O)cc1)CO. The summed E-state index contributed by atoms with van der Waals surface area (Å²) in [5.41, 5.74) is 4.20. The number of hydrogen-bond acceptors (Lipinski definition) is 4. The van der Waals surface area contributed by atoms with Crippen LogP contribution < -0.4 is 0 Å². The van der Waals surface area contributed by atoms with Gasteiger partial charge in [0.2, 0.25) is 0 Å². The highest BCUT2D eigenvalue weighted by Crippen LogP contribution is 2.19. The maximum Gasteiger partial charge on any atom is 0.115 e. The molecule has 0 aromatic heterocycles. The third kappa shape index (κ3) is 5.73. The van der Waals surface area contributed by atoms with Crippen molar-refractivity contribution in [3.05, 3.63) is 47.2 Å². The van der Waals surface area contributed by atoms with Crippen LogP contribution in [-0.2, 0) is 0 Å². The molecule has 0 amide bonds. The summed E-state index contributed by atoms with van der Waals surface area (Å²) >= 11 is 0. The van der Waals surface area contributed by atoms with Gasteiger partial charge >= 0.3 is 0 Å². The number of aliphatic hydroxyl groups excluding tert-OH is 3. The minimum atomic E-state index is -0.681. The minimum Gasteiger partial charge on any atom is -0.508 e. The summed E-state index contributed by atoms with van der Waals surface area (Å²) in [5.74, 6) is 0.158. The lowest BCUT2D eigenvalue weighted by molar-refractivity contribution is 0.181. The second-order valence-electron chi connectivity index (χ2n) is 4.51. The molecule has 0 unspecified atom stereocenters. The zero-order valence-electron chi connectivity index (χ0n) is 11.0. The molecule has 0 radical (unpaired) electrons. The van der Waals surface area contributed by atoms with Crippen molar-refractivity contribution in [3.63, 3.8) is 0 Å². The Hall–Kier alpha value is -1.58. The second-order valence-corrected chi connectivity index (χ2v) is 4.51. The van der Waals surface area contributed by atoms with Gasteiger partial charge in [-0.3, -0.25) is 0 Å². The monoisotopic (exact) mass is 264 g/mol. The molecule has 0 bridgehead atoms. The first kappa shape index (κ1) is 15.5. The van der Waals surface area contributed by atoms with E-state index in [2.05, 4.69) is 5.73 Å². The average molecular weight is 264 g/mol. The lowest BCUT2D eigenvalue weighted by Crippen LogP contribution is -2.03. The van der Waals surface area contributed by atoms with Crippen LogP contribution in [0.4, 0.5) is 0 Å². The number of aromatic hydroxyl groups is 1. The number of aliphatic hydroxyl groups is 3. The van der Waals surface area contributed by atoms with Gasteiger partial charge < -0.3 is 20.4 Å². The molecule has 0 saturated carbocycles. The van der Waals surface area contributed by atoms with Gasteiger partial charge in [0.15, 0.2) is 0 Å². The van der Waals surface area contributed by atoms with Gasteiger partial charge in [0, 0.05) is 12.8 Å². The van der Waals surface area contributed by atoms with Gasteiger partial charge in [0.25, 0.3) is 0 Å². The van der Waals surface area contributed by atoms with E-state index in [1.54, 1.807) is 25.1 Å². The molecule has 0 saturated heterocycles. The number of phenols is 1. The summed E-state index contributed by atoms with van der Waals surface area (Å²) < 4.78 is 0. The van der Waals surface area contributed by atoms with Crippen molar-refractivity contribution in [2.24, 2.45) is 0 Å². The van der Waals surface area contributed by atoms with Crippen LogP contribution in [0, 0.1) is 0 Å². The van der Waals surface area contributed by atoms with Crippen molar-refractivity contribution >= 4 is 0 Å². The van der Waals surface area contributed by atoms with Crippen LogP contribution in [-0.4, -0.2) is 33.1 Å². The molecule has 4 nitrogen and oxygen atoms in total. The standard InChI is InChI=1S/C15H20O4/c1-11(17)9-12(10-16)3-2-4-15(19)13-5-7-14(18)8-6-13/h2,5-8,11,15-19H,4,9-10H2,1H3/t3?,11-,15+/m0/s1. The molecule has 0 spiro atoms. The Bertz CT molecular complexity index is 442. The van der Waals surface area contributed by atoms with E-state index in [1.807, 2.05) is 0 Å². The van der Waals surface area contributed by atoms with Crippen molar-refractivity contribution in [2.75, 3.05) is 6.61 Å². The lowest BCUT2D eigenvalue weighted by atomic mass is 10.1. The molecule has 0 aliphatic carbocycles. The van der Waals surface area contributed by atoms with E-state index in [0.29, 0.717) is 24.0 Å². The maximum absolute atomic E-state index is 9.90.